The van der Waals surface area contributed by atoms with Crippen molar-refractivity contribution in [1.82, 2.24) is 16.0 Å². The Morgan fingerprint density at radius 2 is 1.53 bits per heavy atom. The molecule has 34 heavy (non-hydrogen) atoms. The molecule has 0 aliphatic rings. The SMILES string of the molecule is C[B]OC(=O)C(CCC(=O)OP)NC(=O)NC(CCCCNC(=O)CCCCCN)C(=O)OP. The molecule has 4 unspecified atom stereocenters. The molecule has 0 spiro atoms. The average Bonchev–Trinajstić information content (AvgIpc) is 2.82. The van der Waals surface area contributed by atoms with Crippen LogP contribution in [-0.2, 0) is 32.9 Å². The van der Waals surface area contributed by atoms with Crippen LogP contribution in [0.25, 0.3) is 0 Å². The van der Waals surface area contributed by atoms with E-state index in [1.165, 1.54) is 6.82 Å². The minimum Gasteiger partial charge on any atom is -0.538 e. The van der Waals surface area contributed by atoms with Crippen LogP contribution in [0, 0.1) is 0 Å². The molecule has 0 saturated heterocycles. The predicted octanol–water partition coefficient (Wildman–Crippen LogP) is 0.486. The molecule has 0 aromatic rings. The van der Waals surface area contributed by atoms with Gasteiger partial charge in [0.05, 0.1) is 18.9 Å². The van der Waals surface area contributed by atoms with Gasteiger partial charge in [0.25, 0.3) is 0 Å². The molecule has 1 radical (unpaired) electrons. The van der Waals surface area contributed by atoms with Crippen LogP contribution in [0.2, 0.25) is 6.82 Å². The Balaban J connectivity index is 4.59. The van der Waals surface area contributed by atoms with Crippen LogP contribution in [0.15, 0.2) is 0 Å². The minimum absolute atomic E-state index is 0.0387. The van der Waals surface area contributed by atoms with Gasteiger partial charge >= 0.3 is 31.4 Å². The van der Waals surface area contributed by atoms with Gasteiger partial charge in [0.15, 0.2) is 0 Å². The number of nitrogens with one attached hydrogen (secondary N) is 3. The molecule has 0 saturated carbocycles. The summed E-state index contributed by atoms with van der Waals surface area (Å²) in [7, 11) is 4.78. The van der Waals surface area contributed by atoms with E-state index >= 15 is 0 Å². The highest BCUT2D eigenvalue weighted by molar-refractivity contribution is 7.11. The maximum Gasteiger partial charge on any atom is 0.370 e. The molecule has 0 aromatic heterocycles. The van der Waals surface area contributed by atoms with Crippen molar-refractivity contribution < 1.29 is 37.7 Å². The number of unbranched alkanes of at least 4 members (excludes halogenated alkanes) is 3. The summed E-state index contributed by atoms with van der Waals surface area (Å²) in [6, 6.07) is -2.91. The van der Waals surface area contributed by atoms with E-state index in [-0.39, 0.29) is 25.2 Å². The first-order valence-corrected chi connectivity index (χ1v) is 12.1. The normalized spacial score (nSPS) is 12.0. The monoisotopic (exact) mass is 521 g/mol. The molecule has 0 aromatic carbocycles. The molecular formula is C19H36BN4O8P2. The maximum atomic E-state index is 12.4. The zero-order valence-electron chi connectivity index (χ0n) is 19.5. The van der Waals surface area contributed by atoms with Gasteiger partial charge in [-0.3, -0.25) is 14.4 Å². The summed E-state index contributed by atoms with van der Waals surface area (Å²) in [6.07, 6.45) is 4.21. The summed E-state index contributed by atoms with van der Waals surface area (Å²) in [5.41, 5.74) is 5.42. The molecule has 0 aliphatic heterocycles. The fraction of sp³-hybridized carbons (Fsp3) is 0.737. The molecule has 3 amide bonds. The number of nitrogens with two attached hydrogens (primary N) is 1. The number of rotatable bonds is 18. The van der Waals surface area contributed by atoms with Gasteiger partial charge < -0.3 is 35.4 Å². The Bertz CT molecular complexity index is 660. The highest BCUT2D eigenvalue weighted by Gasteiger charge is 2.26. The second-order valence-corrected chi connectivity index (χ2v) is 7.78. The number of amides is 3. The van der Waals surface area contributed by atoms with Crippen molar-refractivity contribution in [1.29, 1.82) is 0 Å². The number of hydrogen-bond donors (Lipinski definition) is 4. The highest BCUT2D eigenvalue weighted by atomic mass is 31.0. The molecule has 12 nitrogen and oxygen atoms in total. The molecule has 0 rings (SSSR count). The van der Waals surface area contributed by atoms with E-state index in [1.807, 2.05) is 9.47 Å². The zero-order valence-corrected chi connectivity index (χ0v) is 21.8. The number of carbonyl (C=O) groups excluding carboxylic acids is 5. The Labute approximate surface area is 205 Å². The minimum atomic E-state index is -1.13. The van der Waals surface area contributed by atoms with Crippen LogP contribution in [0.3, 0.4) is 0 Å². The molecule has 4 atom stereocenters. The van der Waals surface area contributed by atoms with Crippen molar-refractivity contribution >= 4 is 56.3 Å². The van der Waals surface area contributed by atoms with E-state index < -0.39 is 36.0 Å². The summed E-state index contributed by atoms with van der Waals surface area (Å²) >= 11 is 0. The quantitative estimate of drug-likeness (QED) is 0.114. The largest absolute Gasteiger partial charge is 0.538 e. The summed E-state index contributed by atoms with van der Waals surface area (Å²) in [5, 5.41) is 7.67. The van der Waals surface area contributed by atoms with Gasteiger partial charge in [-0.15, -0.1) is 0 Å². The van der Waals surface area contributed by atoms with Gasteiger partial charge in [-0.2, -0.15) is 0 Å². The highest BCUT2D eigenvalue weighted by Crippen LogP contribution is 2.07. The third-order valence-corrected chi connectivity index (χ3v) is 5.14. The fourth-order valence-corrected chi connectivity index (χ4v) is 3.14. The first-order valence-electron chi connectivity index (χ1n) is 11.1. The third-order valence-electron chi connectivity index (χ3n) is 4.65. The van der Waals surface area contributed by atoms with E-state index in [4.69, 9.17) is 10.4 Å². The van der Waals surface area contributed by atoms with Crippen molar-refractivity contribution in [2.45, 2.75) is 76.7 Å². The smallest absolute Gasteiger partial charge is 0.370 e. The predicted molar refractivity (Wildman–Crippen MR) is 132 cm³/mol. The Morgan fingerprint density at radius 3 is 2.12 bits per heavy atom. The van der Waals surface area contributed by atoms with Crippen LogP contribution >= 0.6 is 18.9 Å². The average molecular weight is 521 g/mol. The first kappa shape index (κ1) is 32.0. The van der Waals surface area contributed by atoms with Crippen molar-refractivity contribution in [3.05, 3.63) is 0 Å². The number of urea groups is 1. The van der Waals surface area contributed by atoms with E-state index in [9.17, 15) is 24.0 Å². The van der Waals surface area contributed by atoms with Crippen LogP contribution in [0.4, 0.5) is 4.79 Å². The number of carbonyl (C=O) groups is 5. The van der Waals surface area contributed by atoms with Crippen LogP contribution < -0.4 is 21.7 Å². The Kier molecular flexibility index (Phi) is 19.2. The van der Waals surface area contributed by atoms with E-state index in [2.05, 4.69) is 25.0 Å². The lowest BCUT2D eigenvalue weighted by molar-refractivity contribution is -0.137. The molecule has 0 heterocycles. The van der Waals surface area contributed by atoms with Gasteiger partial charge in [0, 0.05) is 19.4 Å². The third kappa shape index (κ3) is 15.8. The van der Waals surface area contributed by atoms with Gasteiger partial charge in [-0.25, -0.2) is 9.59 Å². The van der Waals surface area contributed by atoms with Crippen molar-refractivity contribution in [3.8, 4) is 0 Å². The van der Waals surface area contributed by atoms with Gasteiger partial charge in [-0.1, -0.05) is 13.2 Å². The van der Waals surface area contributed by atoms with Crippen LogP contribution in [0.1, 0.15) is 57.8 Å². The lowest BCUT2D eigenvalue weighted by Gasteiger charge is -2.20. The standard InChI is InChI=1S/C19H36BN4O8P2/c1-20-30-17(27)14(9-10-16(26)31-33)24-19(29)23-13(18(28)32-34)7-4-6-12-22-15(25)8-3-2-5-11-21/h13-14H,2-12,21,33-34H2,1H3,(H,22,25)(H2,23,24,29). The van der Waals surface area contributed by atoms with Gasteiger partial charge in [0.2, 0.25) is 5.91 Å². The molecule has 15 heteroatoms. The Hall–Kier alpha value is -1.97. The molecular weight excluding hydrogens is 485 g/mol. The van der Waals surface area contributed by atoms with Crippen molar-refractivity contribution in [2.75, 3.05) is 13.1 Å². The van der Waals surface area contributed by atoms with E-state index in [0.717, 1.165) is 26.7 Å². The first-order chi connectivity index (χ1) is 16.3. The second kappa shape index (κ2) is 20.4. The maximum absolute atomic E-state index is 12.4. The van der Waals surface area contributed by atoms with E-state index in [0.29, 0.717) is 32.4 Å². The van der Waals surface area contributed by atoms with Crippen molar-refractivity contribution in [2.24, 2.45) is 5.73 Å². The van der Waals surface area contributed by atoms with Crippen LogP contribution in [0.5, 0.6) is 0 Å². The van der Waals surface area contributed by atoms with Crippen LogP contribution in [-0.4, -0.2) is 62.5 Å². The number of hydrogen-bond acceptors (Lipinski definition) is 9. The fourth-order valence-electron chi connectivity index (χ4n) is 2.85. The summed E-state index contributed by atoms with van der Waals surface area (Å²) in [4.78, 5) is 59.6. The van der Waals surface area contributed by atoms with Gasteiger partial charge in [-0.05, 0) is 45.1 Å². The Morgan fingerprint density at radius 1 is 0.853 bits per heavy atom. The zero-order chi connectivity index (χ0) is 25.8. The molecule has 0 aliphatic carbocycles. The van der Waals surface area contributed by atoms with Crippen molar-refractivity contribution in [3.63, 3.8) is 0 Å². The van der Waals surface area contributed by atoms with E-state index in [1.54, 1.807) is 9.47 Å². The lowest BCUT2D eigenvalue weighted by atomic mass is 10.1. The molecule has 5 N–H and O–H groups in total. The summed E-state index contributed by atoms with van der Waals surface area (Å²) < 4.78 is 13.9. The summed E-state index contributed by atoms with van der Waals surface area (Å²) in [5.74, 6) is -2.07. The second-order valence-electron chi connectivity index (χ2n) is 7.31. The molecule has 193 valence electrons. The molecule has 0 bridgehead atoms. The topological polar surface area (TPSA) is 175 Å². The molecule has 0 fully saturated rings. The lowest BCUT2D eigenvalue weighted by Crippen LogP contribution is -2.51. The van der Waals surface area contributed by atoms with Gasteiger partial charge in [0.1, 0.15) is 12.1 Å². The summed E-state index contributed by atoms with van der Waals surface area (Å²) in [6.45, 7) is 2.54.